The van der Waals surface area contributed by atoms with Crippen LogP contribution < -0.4 is 5.73 Å². The second-order valence-corrected chi connectivity index (χ2v) is 4.84. The van der Waals surface area contributed by atoms with E-state index in [9.17, 15) is 0 Å². The molecule has 1 unspecified atom stereocenters. The molecule has 17 heavy (non-hydrogen) atoms. The normalized spacial score (nSPS) is 18.9. The van der Waals surface area contributed by atoms with Crippen molar-refractivity contribution < 1.29 is 0 Å². The Hall–Kier alpha value is -1.86. The summed E-state index contributed by atoms with van der Waals surface area (Å²) in [4.78, 5) is 7.54. The van der Waals surface area contributed by atoms with Crippen LogP contribution in [0.15, 0.2) is 18.2 Å². The first-order chi connectivity index (χ1) is 8.14. The SMILES string of the molecule is Cc1nc2ccc(C(N)C3(C#N)CC3)cc2[nH]1. The molecule has 0 radical (unpaired) electrons. The average Bonchev–Trinajstić information content (AvgIpc) is 3.03. The lowest BCUT2D eigenvalue weighted by Crippen LogP contribution is -2.21. The number of H-pyrrole nitrogens is 1. The number of aryl methyl sites for hydroxylation is 1. The minimum atomic E-state index is -0.331. The number of nitrogens with zero attached hydrogens (tertiary/aromatic N) is 2. The van der Waals surface area contributed by atoms with Gasteiger partial charge in [-0.15, -0.1) is 0 Å². The Morgan fingerprint density at radius 1 is 1.53 bits per heavy atom. The van der Waals surface area contributed by atoms with Crippen LogP contribution >= 0.6 is 0 Å². The summed E-state index contributed by atoms with van der Waals surface area (Å²) in [6.45, 7) is 1.93. The van der Waals surface area contributed by atoms with Gasteiger partial charge >= 0.3 is 0 Å². The molecule has 4 heteroatoms. The lowest BCUT2D eigenvalue weighted by molar-refractivity contribution is 0.520. The highest BCUT2D eigenvalue weighted by molar-refractivity contribution is 5.76. The number of benzene rings is 1. The molecule has 0 saturated heterocycles. The molecular formula is C13H14N4. The predicted molar refractivity (Wildman–Crippen MR) is 65.0 cm³/mol. The molecule has 0 bridgehead atoms. The maximum atomic E-state index is 9.16. The maximum absolute atomic E-state index is 9.16. The van der Waals surface area contributed by atoms with Gasteiger partial charge in [0.2, 0.25) is 0 Å². The molecule has 1 fully saturated rings. The second-order valence-electron chi connectivity index (χ2n) is 4.84. The Balaban J connectivity index is 2.03. The fourth-order valence-corrected chi connectivity index (χ4v) is 2.29. The Morgan fingerprint density at radius 2 is 2.29 bits per heavy atom. The smallest absolute Gasteiger partial charge is 0.104 e. The molecule has 1 saturated carbocycles. The number of nitrogens with one attached hydrogen (secondary N) is 1. The summed E-state index contributed by atoms with van der Waals surface area (Å²) in [5, 5.41) is 9.16. The van der Waals surface area contributed by atoms with Gasteiger partial charge in [0.25, 0.3) is 0 Å². The molecule has 1 aromatic heterocycles. The molecule has 3 rings (SSSR count). The molecule has 1 heterocycles. The van der Waals surface area contributed by atoms with E-state index in [0.29, 0.717) is 0 Å². The number of nitrogens with two attached hydrogens (primary N) is 1. The maximum Gasteiger partial charge on any atom is 0.104 e. The van der Waals surface area contributed by atoms with Gasteiger partial charge in [-0.25, -0.2) is 4.98 Å². The molecule has 4 nitrogen and oxygen atoms in total. The van der Waals surface area contributed by atoms with Gasteiger partial charge in [-0.2, -0.15) is 5.26 Å². The quantitative estimate of drug-likeness (QED) is 0.823. The summed E-state index contributed by atoms with van der Waals surface area (Å²) in [5.74, 6) is 0.895. The predicted octanol–water partition coefficient (Wildman–Crippen LogP) is 2.17. The van der Waals surface area contributed by atoms with Gasteiger partial charge in [0.15, 0.2) is 0 Å². The van der Waals surface area contributed by atoms with Gasteiger partial charge < -0.3 is 10.7 Å². The summed E-state index contributed by atoms with van der Waals surface area (Å²) in [7, 11) is 0. The highest BCUT2D eigenvalue weighted by Crippen LogP contribution is 2.53. The van der Waals surface area contributed by atoms with Gasteiger partial charge in [-0.3, -0.25) is 0 Å². The van der Waals surface area contributed by atoms with E-state index >= 15 is 0 Å². The van der Waals surface area contributed by atoms with E-state index < -0.39 is 0 Å². The highest BCUT2D eigenvalue weighted by Gasteiger charge is 2.49. The third-order valence-corrected chi connectivity index (χ3v) is 3.59. The molecule has 1 atom stereocenters. The van der Waals surface area contributed by atoms with E-state index in [1.807, 2.05) is 25.1 Å². The van der Waals surface area contributed by atoms with E-state index in [-0.39, 0.29) is 11.5 Å². The molecule has 1 aliphatic rings. The van der Waals surface area contributed by atoms with Crippen LogP contribution in [0, 0.1) is 23.7 Å². The number of hydrogen-bond acceptors (Lipinski definition) is 3. The Morgan fingerprint density at radius 3 is 2.94 bits per heavy atom. The van der Waals surface area contributed by atoms with E-state index in [2.05, 4.69) is 16.0 Å². The molecule has 3 N–H and O–H groups in total. The zero-order valence-electron chi connectivity index (χ0n) is 9.70. The van der Waals surface area contributed by atoms with E-state index in [0.717, 1.165) is 35.3 Å². The monoisotopic (exact) mass is 226 g/mol. The van der Waals surface area contributed by atoms with E-state index in [4.69, 9.17) is 11.0 Å². The van der Waals surface area contributed by atoms with Crippen molar-refractivity contribution in [1.82, 2.24) is 9.97 Å². The second kappa shape index (κ2) is 3.31. The van der Waals surface area contributed by atoms with Crippen molar-refractivity contribution in [3.8, 4) is 6.07 Å². The first kappa shape index (κ1) is 10.3. The average molecular weight is 226 g/mol. The van der Waals surface area contributed by atoms with Crippen molar-refractivity contribution in [3.63, 3.8) is 0 Å². The molecule has 0 amide bonds. The molecular weight excluding hydrogens is 212 g/mol. The number of hydrogen-bond donors (Lipinski definition) is 2. The fraction of sp³-hybridized carbons (Fsp3) is 0.385. The van der Waals surface area contributed by atoms with Gasteiger partial charge in [0.05, 0.1) is 22.5 Å². The molecule has 0 spiro atoms. The van der Waals surface area contributed by atoms with E-state index in [1.54, 1.807) is 0 Å². The van der Waals surface area contributed by atoms with Gasteiger partial charge in [0, 0.05) is 6.04 Å². The van der Waals surface area contributed by atoms with Crippen LogP contribution in [0.1, 0.15) is 30.3 Å². The summed E-state index contributed by atoms with van der Waals surface area (Å²) < 4.78 is 0. The molecule has 2 aromatic rings. The van der Waals surface area contributed by atoms with Crippen molar-refractivity contribution >= 4 is 11.0 Å². The number of aromatic amines is 1. The lowest BCUT2D eigenvalue weighted by atomic mass is 9.92. The summed E-state index contributed by atoms with van der Waals surface area (Å²) >= 11 is 0. The van der Waals surface area contributed by atoms with Crippen LogP contribution in [0.25, 0.3) is 11.0 Å². The van der Waals surface area contributed by atoms with Crippen molar-refractivity contribution in [1.29, 1.82) is 5.26 Å². The molecule has 0 aliphatic heterocycles. The molecule has 86 valence electrons. The van der Waals surface area contributed by atoms with Gasteiger partial charge in [0.1, 0.15) is 5.82 Å². The van der Waals surface area contributed by atoms with Gasteiger partial charge in [-0.05, 0) is 37.5 Å². The number of nitriles is 1. The van der Waals surface area contributed by atoms with Crippen LogP contribution in [0.4, 0.5) is 0 Å². The zero-order chi connectivity index (χ0) is 12.0. The minimum absolute atomic E-state index is 0.194. The van der Waals surface area contributed by atoms with Crippen molar-refractivity contribution in [2.45, 2.75) is 25.8 Å². The van der Waals surface area contributed by atoms with Crippen molar-refractivity contribution in [3.05, 3.63) is 29.6 Å². The first-order valence-electron chi connectivity index (χ1n) is 5.78. The molecule has 1 aliphatic carbocycles. The fourth-order valence-electron chi connectivity index (χ4n) is 2.29. The van der Waals surface area contributed by atoms with Crippen molar-refractivity contribution in [2.75, 3.05) is 0 Å². The third-order valence-electron chi connectivity index (χ3n) is 3.59. The Labute approximate surface area is 99.5 Å². The summed E-state index contributed by atoms with van der Waals surface area (Å²) in [5.41, 5.74) is 8.80. The van der Waals surface area contributed by atoms with Crippen LogP contribution in [0.5, 0.6) is 0 Å². The lowest BCUT2D eigenvalue weighted by Gasteiger charge is -2.16. The third kappa shape index (κ3) is 1.51. The first-order valence-corrected chi connectivity index (χ1v) is 5.78. The van der Waals surface area contributed by atoms with Gasteiger partial charge in [-0.1, -0.05) is 6.07 Å². The van der Waals surface area contributed by atoms with Crippen LogP contribution in [-0.2, 0) is 0 Å². The number of aromatic nitrogens is 2. The number of rotatable bonds is 2. The van der Waals surface area contributed by atoms with Crippen LogP contribution in [0.3, 0.4) is 0 Å². The van der Waals surface area contributed by atoms with Crippen molar-refractivity contribution in [2.24, 2.45) is 11.1 Å². The minimum Gasteiger partial charge on any atom is -0.342 e. The zero-order valence-corrected chi connectivity index (χ0v) is 9.70. The topological polar surface area (TPSA) is 78.5 Å². The van der Waals surface area contributed by atoms with Crippen LogP contribution in [-0.4, -0.2) is 9.97 Å². The molecule has 1 aromatic carbocycles. The summed E-state index contributed by atoms with van der Waals surface area (Å²) in [6, 6.07) is 8.11. The summed E-state index contributed by atoms with van der Waals surface area (Å²) in [6.07, 6.45) is 1.81. The Kier molecular flexibility index (Phi) is 2.01. The largest absolute Gasteiger partial charge is 0.342 e. The van der Waals surface area contributed by atoms with E-state index in [1.165, 1.54) is 0 Å². The number of imidazole rings is 1. The van der Waals surface area contributed by atoms with Crippen LogP contribution in [0.2, 0.25) is 0 Å². The highest BCUT2D eigenvalue weighted by atomic mass is 14.9. The Bertz CT molecular complexity index is 616. The number of fused-ring (bicyclic) bond motifs is 1. The standard InChI is InChI=1S/C13H14N4/c1-8-16-10-3-2-9(6-11(10)17-8)12(15)13(7-14)4-5-13/h2-3,6,12H,4-5,15H2,1H3,(H,16,17).